The molecule has 1 heterocycles. The van der Waals surface area contributed by atoms with E-state index in [1.165, 1.54) is 36.4 Å². The molecule has 1 amide bonds. The topological polar surface area (TPSA) is 84.5 Å². The molecule has 8 heteroatoms. The second kappa shape index (κ2) is 7.03. The Hall–Kier alpha value is -2.29. The summed E-state index contributed by atoms with van der Waals surface area (Å²) in [4.78, 5) is 12.5. The lowest BCUT2D eigenvalue weighted by Gasteiger charge is -2.38. The van der Waals surface area contributed by atoms with Crippen LogP contribution >= 0.6 is 0 Å². The van der Waals surface area contributed by atoms with E-state index in [-0.39, 0.29) is 16.3 Å². The monoisotopic (exact) mass is 392 g/mol. The lowest BCUT2D eigenvalue weighted by molar-refractivity contribution is -0.0523. The van der Waals surface area contributed by atoms with Gasteiger partial charge in [-0.15, -0.1) is 0 Å². The van der Waals surface area contributed by atoms with Crippen LogP contribution < -0.4 is 10.0 Å². The number of hydrogen-bond acceptors (Lipinski definition) is 4. The van der Waals surface area contributed by atoms with E-state index in [1.54, 1.807) is 20.8 Å². The highest BCUT2D eigenvalue weighted by atomic mass is 32.2. The van der Waals surface area contributed by atoms with Crippen molar-refractivity contribution >= 4 is 21.6 Å². The highest BCUT2D eigenvalue weighted by molar-refractivity contribution is 7.89. The third kappa shape index (κ3) is 4.02. The Labute approximate surface area is 157 Å². The van der Waals surface area contributed by atoms with E-state index < -0.39 is 21.5 Å². The molecule has 2 aromatic rings. The number of anilines is 1. The summed E-state index contributed by atoms with van der Waals surface area (Å²) in [6, 6.07) is 8.53. The fourth-order valence-electron chi connectivity index (χ4n) is 2.77. The molecule has 3 rings (SSSR count). The van der Waals surface area contributed by atoms with E-state index in [1.807, 2.05) is 0 Å². The van der Waals surface area contributed by atoms with Gasteiger partial charge in [-0.2, -0.15) is 0 Å². The minimum absolute atomic E-state index is 0.00437. The van der Waals surface area contributed by atoms with Gasteiger partial charge in [-0.05, 0) is 62.2 Å². The van der Waals surface area contributed by atoms with Crippen molar-refractivity contribution in [3.63, 3.8) is 0 Å². The molecule has 0 aliphatic carbocycles. The van der Waals surface area contributed by atoms with Crippen LogP contribution in [-0.2, 0) is 14.8 Å². The molecule has 0 saturated carbocycles. The maximum Gasteiger partial charge on any atom is 0.255 e. The van der Waals surface area contributed by atoms with Gasteiger partial charge in [-0.25, -0.2) is 17.5 Å². The second-order valence-electron chi connectivity index (χ2n) is 6.99. The molecular formula is C19H21FN2O4S. The van der Waals surface area contributed by atoms with E-state index >= 15 is 0 Å². The molecule has 0 spiro atoms. The van der Waals surface area contributed by atoms with E-state index in [9.17, 15) is 17.6 Å². The van der Waals surface area contributed by atoms with Crippen LogP contribution in [0.1, 0.15) is 28.4 Å². The molecule has 0 aromatic heterocycles. The summed E-state index contributed by atoms with van der Waals surface area (Å²) in [5.74, 6) is -0.822. The lowest BCUT2D eigenvalue weighted by atomic mass is 10.0. The number of carbonyl (C=O) groups is 1. The van der Waals surface area contributed by atoms with Gasteiger partial charge < -0.3 is 10.1 Å². The summed E-state index contributed by atoms with van der Waals surface area (Å²) in [6.45, 7) is 5.69. The normalized spacial score (nSPS) is 15.9. The fraction of sp³-hybridized carbons (Fsp3) is 0.316. The number of rotatable bonds is 5. The maximum atomic E-state index is 13.6. The summed E-state index contributed by atoms with van der Waals surface area (Å²) in [5, 5.41) is 2.70. The van der Waals surface area contributed by atoms with Gasteiger partial charge in [0.2, 0.25) is 10.0 Å². The number of sulfonamides is 1. The fourth-order valence-corrected chi connectivity index (χ4v) is 4.20. The van der Waals surface area contributed by atoms with Crippen molar-refractivity contribution in [3.8, 4) is 0 Å². The average molecular weight is 392 g/mol. The number of ether oxygens (including phenoxy) is 1. The van der Waals surface area contributed by atoms with Crippen LogP contribution in [0.4, 0.5) is 10.1 Å². The van der Waals surface area contributed by atoms with Crippen LogP contribution in [0.25, 0.3) is 0 Å². The van der Waals surface area contributed by atoms with Crippen molar-refractivity contribution in [2.45, 2.75) is 31.2 Å². The van der Waals surface area contributed by atoms with Gasteiger partial charge in [-0.3, -0.25) is 4.79 Å². The van der Waals surface area contributed by atoms with Crippen molar-refractivity contribution < 1.29 is 22.3 Å². The van der Waals surface area contributed by atoms with Crippen molar-refractivity contribution in [1.29, 1.82) is 0 Å². The van der Waals surface area contributed by atoms with E-state index in [0.29, 0.717) is 30.0 Å². The summed E-state index contributed by atoms with van der Waals surface area (Å²) in [5.41, 5.74) is 1.09. The van der Waals surface area contributed by atoms with Gasteiger partial charge in [-0.1, -0.05) is 6.07 Å². The van der Waals surface area contributed by atoms with Gasteiger partial charge in [0.05, 0.1) is 23.6 Å². The van der Waals surface area contributed by atoms with Crippen molar-refractivity contribution in [2.75, 3.05) is 18.5 Å². The first-order chi connectivity index (χ1) is 12.6. The Bertz CT molecular complexity index is 1000. The molecule has 2 N–H and O–H groups in total. The average Bonchev–Trinajstić information content (AvgIpc) is 2.60. The van der Waals surface area contributed by atoms with Crippen molar-refractivity contribution in [2.24, 2.45) is 0 Å². The molecular weight excluding hydrogens is 371 g/mol. The van der Waals surface area contributed by atoms with Gasteiger partial charge in [0.25, 0.3) is 5.91 Å². The number of hydrogen-bond donors (Lipinski definition) is 2. The zero-order valence-electron chi connectivity index (χ0n) is 15.3. The predicted octanol–water partition coefficient (Wildman–Crippen LogP) is 2.76. The van der Waals surface area contributed by atoms with Crippen LogP contribution in [0.5, 0.6) is 0 Å². The SMILES string of the molecule is Cc1c(F)ccc(NC(=O)c2cccc(S(=O)(=O)NC3(C)COC3)c2)c1C. The first-order valence-corrected chi connectivity index (χ1v) is 9.88. The Balaban J connectivity index is 1.83. The molecule has 0 atom stereocenters. The van der Waals surface area contributed by atoms with Crippen LogP contribution in [0.3, 0.4) is 0 Å². The van der Waals surface area contributed by atoms with Crippen molar-refractivity contribution in [1.82, 2.24) is 4.72 Å². The van der Waals surface area contributed by atoms with Gasteiger partial charge >= 0.3 is 0 Å². The molecule has 1 aliphatic heterocycles. The third-order valence-electron chi connectivity index (χ3n) is 4.60. The highest BCUT2D eigenvalue weighted by Crippen LogP contribution is 2.23. The lowest BCUT2D eigenvalue weighted by Crippen LogP contribution is -2.59. The second-order valence-corrected chi connectivity index (χ2v) is 8.67. The molecule has 1 fully saturated rings. The van der Waals surface area contributed by atoms with Gasteiger partial charge in [0.15, 0.2) is 0 Å². The first-order valence-electron chi connectivity index (χ1n) is 8.40. The molecule has 0 radical (unpaired) electrons. The highest BCUT2D eigenvalue weighted by Gasteiger charge is 2.37. The van der Waals surface area contributed by atoms with E-state index in [2.05, 4.69) is 10.0 Å². The molecule has 144 valence electrons. The minimum atomic E-state index is -3.79. The molecule has 0 bridgehead atoms. The zero-order valence-corrected chi connectivity index (χ0v) is 16.1. The standard InChI is InChI=1S/C19H21FN2O4S/c1-12-13(2)17(8-7-16(12)20)21-18(23)14-5-4-6-15(9-14)27(24,25)22-19(3)10-26-11-19/h4-9,22H,10-11H2,1-3H3,(H,21,23). The first kappa shape index (κ1) is 19.5. The Morgan fingerprint density at radius 3 is 2.48 bits per heavy atom. The third-order valence-corrected chi connectivity index (χ3v) is 6.23. The smallest absolute Gasteiger partial charge is 0.255 e. The van der Waals surface area contributed by atoms with Crippen LogP contribution in [-0.4, -0.2) is 33.1 Å². The summed E-state index contributed by atoms with van der Waals surface area (Å²) >= 11 is 0. The molecule has 1 aliphatic rings. The number of carbonyl (C=O) groups excluding carboxylic acids is 1. The summed E-state index contributed by atoms with van der Waals surface area (Å²) in [6.07, 6.45) is 0. The number of amides is 1. The summed E-state index contributed by atoms with van der Waals surface area (Å²) < 4.78 is 46.4. The molecule has 6 nitrogen and oxygen atoms in total. The Kier molecular flexibility index (Phi) is 5.07. The van der Waals surface area contributed by atoms with Crippen molar-refractivity contribution in [3.05, 3.63) is 58.9 Å². The van der Waals surface area contributed by atoms with E-state index in [4.69, 9.17) is 4.74 Å². The quantitative estimate of drug-likeness (QED) is 0.820. The molecule has 1 saturated heterocycles. The Morgan fingerprint density at radius 2 is 1.85 bits per heavy atom. The zero-order chi connectivity index (χ0) is 19.8. The van der Waals surface area contributed by atoms with Gasteiger partial charge in [0, 0.05) is 11.3 Å². The molecule has 27 heavy (non-hydrogen) atoms. The van der Waals surface area contributed by atoms with Crippen LogP contribution in [0.2, 0.25) is 0 Å². The predicted molar refractivity (Wildman–Crippen MR) is 99.8 cm³/mol. The number of halogens is 1. The summed E-state index contributed by atoms with van der Waals surface area (Å²) in [7, 11) is -3.79. The number of benzene rings is 2. The van der Waals surface area contributed by atoms with E-state index in [0.717, 1.165) is 0 Å². The number of nitrogens with one attached hydrogen (secondary N) is 2. The van der Waals surface area contributed by atoms with Crippen LogP contribution in [0, 0.1) is 19.7 Å². The largest absolute Gasteiger partial charge is 0.377 e. The Morgan fingerprint density at radius 1 is 1.15 bits per heavy atom. The van der Waals surface area contributed by atoms with Gasteiger partial charge in [0.1, 0.15) is 5.82 Å². The maximum absolute atomic E-state index is 13.6. The molecule has 0 unspecified atom stereocenters. The molecule has 2 aromatic carbocycles. The van der Waals surface area contributed by atoms with Crippen LogP contribution in [0.15, 0.2) is 41.3 Å². The minimum Gasteiger partial charge on any atom is -0.377 e.